The van der Waals surface area contributed by atoms with Crippen molar-refractivity contribution in [2.24, 2.45) is 0 Å². The quantitative estimate of drug-likeness (QED) is 0.460. The van der Waals surface area contributed by atoms with E-state index in [2.05, 4.69) is 24.4 Å². The Hall–Kier alpha value is -3.93. The molecule has 6 nitrogen and oxygen atoms in total. The van der Waals surface area contributed by atoms with Crippen molar-refractivity contribution in [3.63, 3.8) is 0 Å². The number of benzene rings is 3. The number of nitrogens with one attached hydrogen (secondary N) is 1. The standard InChI is InChI=1S/C24H21N5O/c1-16-8-7-10-17(14-16)22-27-23-19-11-4-5-12-20(19)26-24(29(23)28-22)25-15-18-9-3-6-13-21(18)30-2/h3-14H,15H2,1-2H3,(H,25,26). The fourth-order valence-corrected chi connectivity index (χ4v) is 3.60. The van der Waals surface area contributed by atoms with Crippen molar-refractivity contribution in [1.82, 2.24) is 19.6 Å². The highest BCUT2D eigenvalue weighted by atomic mass is 16.5. The first-order valence-electron chi connectivity index (χ1n) is 9.81. The minimum atomic E-state index is 0.560. The molecule has 1 N–H and O–H groups in total. The summed E-state index contributed by atoms with van der Waals surface area (Å²) >= 11 is 0. The van der Waals surface area contributed by atoms with Crippen molar-refractivity contribution < 1.29 is 4.74 Å². The fourth-order valence-electron chi connectivity index (χ4n) is 3.60. The fraction of sp³-hybridized carbons (Fsp3) is 0.125. The van der Waals surface area contributed by atoms with E-state index in [1.807, 2.05) is 60.7 Å². The van der Waals surface area contributed by atoms with Crippen LogP contribution in [-0.4, -0.2) is 26.7 Å². The number of aromatic nitrogens is 4. The van der Waals surface area contributed by atoms with E-state index in [1.54, 1.807) is 11.6 Å². The van der Waals surface area contributed by atoms with Crippen LogP contribution in [0.5, 0.6) is 5.75 Å². The second-order valence-corrected chi connectivity index (χ2v) is 7.16. The van der Waals surface area contributed by atoms with Crippen LogP contribution in [0.15, 0.2) is 72.8 Å². The molecule has 0 spiro atoms. The van der Waals surface area contributed by atoms with Gasteiger partial charge in [-0.05, 0) is 31.2 Å². The van der Waals surface area contributed by atoms with E-state index in [1.165, 1.54) is 5.56 Å². The lowest BCUT2D eigenvalue weighted by Crippen LogP contribution is -2.08. The summed E-state index contributed by atoms with van der Waals surface area (Å²) in [6, 6.07) is 24.1. The van der Waals surface area contributed by atoms with Gasteiger partial charge in [-0.3, -0.25) is 0 Å². The monoisotopic (exact) mass is 395 g/mol. The smallest absolute Gasteiger partial charge is 0.226 e. The Morgan fingerprint density at radius 1 is 0.933 bits per heavy atom. The number of ether oxygens (including phenoxy) is 1. The van der Waals surface area contributed by atoms with Gasteiger partial charge >= 0.3 is 0 Å². The average molecular weight is 395 g/mol. The van der Waals surface area contributed by atoms with Crippen LogP contribution in [-0.2, 0) is 6.54 Å². The zero-order chi connectivity index (χ0) is 20.5. The van der Waals surface area contributed by atoms with E-state index >= 15 is 0 Å². The van der Waals surface area contributed by atoms with Gasteiger partial charge in [0, 0.05) is 23.1 Å². The Balaban J connectivity index is 1.63. The van der Waals surface area contributed by atoms with Gasteiger partial charge in [0.25, 0.3) is 0 Å². The topological polar surface area (TPSA) is 64.3 Å². The summed E-state index contributed by atoms with van der Waals surface area (Å²) in [5.41, 5.74) is 4.85. The van der Waals surface area contributed by atoms with Gasteiger partial charge in [-0.25, -0.2) is 9.97 Å². The number of methoxy groups -OCH3 is 1. The van der Waals surface area contributed by atoms with Gasteiger partial charge < -0.3 is 10.1 Å². The molecule has 0 aliphatic heterocycles. The van der Waals surface area contributed by atoms with Crippen LogP contribution in [0.1, 0.15) is 11.1 Å². The molecule has 0 aliphatic carbocycles. The maximum atomic E-state index is 5.47. The molecule has 6 heteroatoms. The highest BCUT2D eigenvalue weighted by Gasteiger charge is 2.15. The molecule has 0 aliphatic rings. The predicted octanol–water partition coefficient (Wildman–Crippen LogP) is 4.87. The molecule has 3 aromatic carbocycles. The van der Waals surface area contributed by atoms with Gasteiger partial charge in [0.2, 0.25) is 5.95 Å². The Labute approximate surface area is 174 Å². The Morgan fingerprint density at radius 2 is 1.77 bits per heavy atom. The number of rotatable bonds is 5. The molecular formula is C24H21N5O. The van der Waals surface area contributed by atoms with E-state index in [9.17, 15) is 0 Å². The molecule has 5 aromatic rings. The molecule has 0 amide bonds. The Kier molecular flexibility index (Phi) is 4.52. The van der Waals surface area contributed by atoms with E-state index in [4.69, 9.17) is 19.8 Å². The third kappa shape index (κ3) is 3.22. The highest BCUT2D eigenvalue weighted by Crippen LogP contribution is 2.25. The van der Waals surface area contributed by atoms with Gasteiger partial charge in [-0.15, -0.1) is 5.10 Å². The molecule has 2 aromatic heterocycles. The Morgan fingerprint density at radius 3 is 2.63 bits per heavy atom. The van der Waals surface area contributed by atoms with Gasteiger partial charge in [-0.2, -0.15) is 4.52 Å². The third-order valence-corrected chi connectivity index (χ3v) is 5.08. The second-order valence-electron chi connectivity index (χ2n) is 7.16. The van der Waals surface area contributed by atoms with Crippen LogP contribution in [0.2, 0.25) is 0 Å². The van der Waals surface area contributed by atoms with Crippen LogP contribution in [0.4, 0.5) is 5.95 Å². The summed E-state index contributed by atoms with van der Waals surface area (Å²) in [7, 11) is 1.68. The summed E-state index contributed by atoms with van der Waals surface area (Å²) in [5.74, 6) is 2.15. The van der Waals surface area contributed by atoms with Crippen LogP contribution in [0, 0.1) is 6.92 Å². The summed E-state index contributed by atoms with van der Waals surface area (Å²) < 4.78 is 7.26. The van der Waals surface area contributed by atoms with Gasteiger partial charge in [0.05, 0.1) is 12.6 Å². The van der Waals surface area contributed by atoms with Crippen molar-refractivity contribution >= 4 is 22.5 Å². The Bertz CT molecular complexity index is 1360. The number of para-hydroxylation sites is 2. The van der Waals surface area contributed by atoms with Crippen molar-refractivity contribution in [2.45, 2.75) is 13.5 Å². The maximum absolute atomic E-state index is 5.47. The van der Waals surface area contributed by atoms with Crippen molar-refractivity contribution in [1.29, 1.82) is 0 Å². The molecule has 0 saturated carbocycles. The minimum absolute atomic E-state index is 0.560. The molecule has 0 saturated heterocycles. The summed E-state index contributed by atoms with van der Waals surface area (Å²) in [6.07, 6.45) is 0. The van der Waals surface area contributed by atoms with Crippen LogP contribution in [0.3, 0.4) is 0 Å². The molecule has 30 heavy (non-hydrogen) atoms. The highest BCUT2D eigenvalue weighted by molar-refractivity contribution is 5.92. The van der Waals surface area contributed by atoms with Gasteiger partial charge in [-0.1, -0.05) is 54.1 Å². The van der Waals surface area contributed by atoms with Crippen molar-refractivity contribution in [2.75, 3.05) is 12.4 Å². The van der Waals surface area contributed by atoms with E-state index in [0.29, 0.717) is 18.3 Å². The number of aryl methyl sites for hydroxylation is 1. The molecule has 148 valence electrons. The lowest BCUT2D eigenvalue weighted by molar-refractivity contribution is 0.410. The summed E-state index contributed by atoms with van der Waals surface area (Å²) in [4.78, 5) is 9.66. The van der Waals surface area contributed by atoms with E-state index < -0.39 is 0 Å². The van der Waals surface area contributed by atoms with Gasteiger partial charge in [0.15, 0.2) is 11.5 Å². The zero-order valence-electron chi connectivity index (χ0n) is 16.8. The minimum Gasteiger partial charge on any atom is -0.496 e. The number of fused-ring (bicyclic) bond motifs is 3. The van der Waals surface area contributed by atoms with E-state index in [-0.39, 0.29) is 0 Å². The predicted molar refractivity (Wildman–Crippen MR) is 119 cm³/mol. The number of hydrogen-bond donors (Lipinski definition) is 1. The zero-order valence-corrected chi connectivity index (χ0v) is 16.8. The first-order chi connectivity index (χ1) is 14.7. The van der Waals surface area contributed by atoms with Crippen LogP contribution < -0.4 is 10.1 Å². The van der Waals surface area contributed by atoms with Gasteiger partial charge in [0.1, 0.15) is 5.75 Å². The maximum Gasteiger partial charge on any atom is 0.226 e. The lowest BCUT2D eigenvalue weighted by Gasteiger charge is -2.11. The molecular weight excluding hydrogens is 374 g/mol. The van der Waals surface area contributed by atoms with E-state index in [0.717, 1.165) is 33.4 Å². The summed E-state index contributed by atoms with van der Waals surface area (Å²) in [5, 5.41) is 9.16. The average Bonchev–Trinajstić information content (AvgIpc) is 3.24. The molecule has 2 heterocycles. The van der Waals surface area contributed by atoms with Crippen LogP contribution >= 0.6 is 0 Å². The molecule has 5 rings (SSSR count). The SMILES string of the molecule is COc1ccccc1CNc1nc2ccccc2c2nc(-c3cccc(C)c3)nn12. The summed E-state index contributed by atoms with van der Waals surface area (Å²) in [6.45, 7) is 2.63. The molecule has 0 fully saturated rings. The molecule has 0 radical (unpaired) electrons. The first-order valence-corrected chi connectivity index (χ1v) is 9.81. The molecule has 0 atom stereocenters. The first kappa shape index (κ1) is 18.1. The largest absolute Gasteiger partial charge is 0.496 e. The normalized spacial score (nSPS) is 11.1. The molecule has 0 bridgehead atoms. The number of anilines is 1. The number of hydrogen-bond acceptors (Lipinski definition) is 5. The lowest BCUT2D eigenvalue weighted by atomic mass is 10.1. The number of nitrogens with zero attached hydrogens (tertiary/aromatic N) is 4. The second kappa shape index (κ2) is 7.48. The molecule has 0 unspecified atom stereocenters. The van der Waals surface area contributed by atoms with Crippen molar-refractivity contribution in [3.05, 3.63) is 83.9 Å². The van der Waals surface area contributed by atoms with Crippen LogP contribution in [0.25, 0.3) is 27.9 Å². The third-order valence-electron chi connectivity index (χ3n) is 5.08. The van der Waals surface area contributed by atoms with Crippen molar-refractivity contribution in [3.8, 4) is 17.1 Å².